The van der Waals surface area contributed by atoms with Crippen LogP contribution < -0.4 is 5.73 Å². The lowest BCUT2D eigenvalue weighted by molar-refractivity contribution is 0.390. The lowest BCUT2D eigenvalue weighted by atomic mass is 9.77. The van der Waals surface area contributed by atoms with Gasteiger partial charge in [0.1, 0.15) is 0 Å². The molecule has 0 bridgehead atoms. The van der Waals surface area contributed by atoms with Crippen LogP contribution in [0.3, 0.4) is 0 Å². The topological polar surface area (TPSA) is 26.0 Å². The molecule has 0 saturated heterocycles. The molecule has 0 fully saturated rings. The number of rotatable bonds is 1. The monoisotopic (exact) mass is 279 g/mol. The molecule has 1 aromatic heterocycles. The molecule has 0 radical (unpaired) electrons. The third kappa shape index (κ3) is 1.80. The number of thiophene rings is 1. The van der Waals surface area contributed by atoms with Gasteiger partial charge in [0.15, 0.2) is 0 Å². The Morgan fingerprint density at radius 3 is 2.55 bits per heavy atom. The molecule has 1 aliphatic rings. The summed E-state index contributed by atoms with van der Waals surface area (Å²) in [5.41, 5.74) is 9.32. The van der Waals surface area contributed by atoms with Crippen LogP contribution in [0.1, 0.15) is 22.4 Å². The van der Waals surface area contributed by atoms with E-state index in [0.29, 0.717) is 0 Å². The van der Waals surface area contributed by atoms with E-state index < -0.39 is 0 Å². The molecule has 0 saturated carbocycles. The molecule has 100 valence electrons. The molecule has 0 aliphatic heterocycles. The fraction of sp³-hybridized carbons (Fsp3) is 0.222. The van der Waals surface area contributed by atoms with Gasteiger partial charge in [0.25, 0.3) is 0 Å². The standard InChI is InChI=1S/C18H17NS/c19-18(13-6-2-1-3-7-13)11-10-15-14-8-4-5-9-16(14)20-17(15)12-18/h1-9H,10-12,19H2. The van der Waals surface area contributed by atoms with Crippen molar-refractivity contribution >= 4 is 21.4 Å². The molecule has 2 N–H and O–H groups in total. The van der Waals surface area contributed by atoms with Crippen LogP contribution in [-0.2, 0) is 18.4 Å². The van der Waals surface area contributed by atoms with E-state index >= 15 is 0 Å². The van der Waals surface area contributed by atoms with Crippen molar-refractivity contribution in [2.45, 2.75) is 24.8 Å². The summed E-state index contributed by atoms with van der Waals surface area (Å²) in [6.45, 7) is 0. The van der Waals surface area contributed by atoms with Gasteiger partial charge in [0.2, 0.25) is 0 Å². The van der Waals surface area contributed by atoms with E-state index in [1.54, 1.807) is 0 Å². The lowest BCUT2D eigenvalue weighted by Crippen LogP contribution is -2.41. The van der Waals surface area contributed by atoms with Gasteiger partial charge < -0.3 is 5.73 Å². The highest BCUT2D eigenvalue weighted by Crippen LogP contribution is 2.41. The highest BCUT2D eigenvalue weighted by atomic mass is 32.1. The molecule has 2 aromatic carbocycles. The summed E-state index contributed by atoms with van der Waals surface area (Å²) in [5, 5.41) is 1.43. The average molecular weight is 279 g/mol. The highest BCUT2D eigenvalue weighted by molar-refractivity contribution is 7.19. The Balaban J connectivity index is 1.80. The van der Waals surface area contributed by atoms with E-state index in [2.05, 4.69) is 54.6 Å². The zero-order valence-electron chi connectivity index (χ0n) is 11.3. The van der Waals surface area contributed by atoms with Crippen molar-refractivity contribution in [1.82, 2.24) is 0 Å². The average Bonchev–Trinajstić information content (AvgIpc) is 2.85. The predicted molar refractivity (Wildman–Crippen MR) is 86.2 cm³/mol. The van der Waals surface area contributed by atoms with E-state index in [1.807, 2.05) is 11.3 Å². The molecule has 0 amide bonds. The van der Waals surface area contributed by atoms with E-state index in [9.17, 15) is 0 Å². The van der Waals surface area contributed by atoms with Crippen LogP contribution >= 0.6 is 11.3 Å². The molecule has 1 unspecified atom stereocenters. The zero-order valence-corrected chi connectivity index (χ0v) is 12.1. The fourth-order valence-electron chi connectivity index (χ4n) is 3.31. The summed E-state index contributed by atoms with van der Waals surface area (Å²) < 4.78 is 1.40. The van der Waals surface area contributed by atoms with Gasteiger partial charge in [-0.05, 0) is 35.4 Å². The Kier molecular flexibility index (Phi) is 2.69. The van der Waals surface area contributed by atoms with Crippen molar-refractivity contribution in [3.8, 4) is 0 Å². The summed E-state index contributed by atoms with van der Waals surface area (Å²) in [4.78, 5) is 1.48. The summed E-state index contributed by atoms with van der Waals surface area (Å²) in [6.07, 6.45) is 3.08. The Morgan fingerprint density at radius 2 is 1.70 bits per heavy atom. The van der Waals surface area contributed by atoms with E-state index in [4.69, 9.17) is 5.73 Å². The first-order valence-corrected chi connectivity index (χ1v) is 7.92. The lowest BCUT2D eigenvalue weighted by Gasteiger charge is -2.34. The van der Waals surface area contributed by atoms with Gasteiger partial charge in [-0.2, -0.15) is 0 Å². The second-order valence-corrected chi connectivity index (χ2v) is 6.84. The van der Waals surface area contributed by atoms with Gasteiger partial charge in [-0.15, -0.1) is 11.3 Å². The van der Waals surface area contributed by atoms with Crippen LogP contribution in [-0.4, -0.2) is 0 Å². The summed E-state index contributed by atoms with van der Waals surface area (Å²) in [6, 6.07) is 19.3. The van der Waals surface area contributed by atoms with Crippen LogP contribution in [0.15, 0.2) is 54.6 Å². The van der Waals surface area contributed by atoms with Gasteiger partial charge in [-0.1, -0.05) is 48.5 Å². The fourth-order valence-corrected chi connectivity index (χ4v) is 4.68. The van der Waals surface area contributed by atoms with Gasteiger partial charge in [-0.25, -0.2) is 0 Å². The molecule has 1 atom stereocenters. The number of aryl methyl sites for hydroxylation is 1. The van der Waals surface area contributed by atoms with Crippen LogP contribution in [0.5, 0.6) is 0 Å². The van der Waals surface area contributed by atoms with Crippen molar-refractivity contribution in [2.24, 2.45) is 5.73 Å². The van der Waals surface area contributed by atoms with Crippen molar-refractivity contribution < 1.29 is 0 Å². The van der Waals surface area contributed by atoms with Crippen LogP contribution in [0.2, 0.25) is 0 Å². The van der Waals surface area contributed by atoms with Crippen molar-refractivity contribution in [1.29, 1.82) is 0 Å². The molecule has 3 aromatic rings. The van der Waals surface area contributed by atoms with E-state index in [-0.39, 0.29) is 5.54 Å². The van der Waals surface area contributed by atoms with Crippen LogP contribution in [0.4, 0.5) is 0 Å². The third-order valence-corrected chi connectivity index (χ3v) is 5.64. The smallest absolute Gasteiger partial charge is 0.0461 e. The van der Waals surface area contributed by atoms with Crippen molar-refractivity contribution in [2.75, 3.05) is 0 Å². The molecular formula is C18H17NS. The van der Waals surface area contributed by atoms with Gasteiger partial charge >= 0.3 is 0 Å². The molecular weight excluding hydrogens is 262 g/mol. The number of nitrogens with two attached hydrogens (primary N) is 1. The minimum Gasteiger partial charge on any atom is -0.321 e. The molecule has 0 spiro atoms. The van der Waals surface area contributed by atoms with Gasteiger partial charge in [-0.3, -0.25) is 0 Å². The number of benzene rings is 2. The SMILES string of the molecule is NC1(c2ccccc2)CCc2c(sc3ccccc23)C1. The quantitative estimate of drug-likeness (QED) is 0.708. The maximum Gasteiger partial charge on any atom is 0.0461 e. The largest absolute Gasteiger partial charge is 0.321 e. The van der Waals surface area contributed by atoms with E-state index in [1.165, 1.54) is 26.1 Å². The van der Waals surface area contributed by atoms with Crippen LogP contribution in [0.25, 0.3) is 10.1 Å². The minimum absolute atomic E-state index is 0.199. The number of hydrogen-bond acceptors (Lipinski definition) is 2. The number of hydrogen-bond donors (Lipinski definition) is 1. The van der Waals surface area contributed by atoms with E-state index in [0.717, 1.165) is 19.3 Å². The molecule has 1 aliphatic carbocycles. The predicted octanol–water partition coefficient (Wildman–Crippen LogP) is 4.24. The van der Waals surface area contributed by atoms with Gasteiger partial charge in [0, 0.05) is 21.5 Å². The second-order valence-electron chi connectivity index (χ2n) is 5.70. The first-order chi connectivity index (χ1) is 9.76. The highest BCUT2D eigenvalue weighted by Gasteiger charge is 2.33. The first-order valence-electron chi connectivity index (χ1n) is 7.10. The summed E-state index contributed by atoms with van der Waals surface area (Å²) in [5.74, 6) is 0. The van der Waals surface area contributed by atoms with Crippen LogP contribution in [0, 0.1) is 0 Å². The molecule has 1 nitrogen and oxygen atoms in total. The first kappa shape index (κ1) is 12.1. The molecule has 1 heterocycles. The maximum absolute atomic E-state index is 6.72. The number of fused-ring (bicyclic) bond motifs is 3. The second kappa shape index (κ2) is 4.44. The summed E-state index contributed by atoms with van der Waals surface area (Å²) >= 11 is 1.92. The van der Waals surface area contributed by atoms with Crippen molar-refractivity contribution in [3.63, 3.8) is 0 Å². The normalized spacial score (nSPS) is 21.9. The third-order valence-electron chi connectivity index (χ3n) is 4.43. The minimum atomic E-state index is -0.199. The summed E-state index contributed by atoms with van der Waals surface area (Å²) in [7, 11) is 0. The Morgan fingerprint density at radius 1 is 0.950 bits per heavy atom. The molecule has 4 rings (SSSR count). The van der Waals surface area contributed by atoms with Crippen molar-refractivity contribution in [3.05, 3.63) is 70.6 Å². The zero-order chi connectivity index (χ0) is 13.6. The van der Waals surface area contributed by atoms with Gasteiger partial charge in [0.05, 0.1) is 0 Å². The Hall–Kier alpha value is -1.64. The molecule has 2 heteroatoms. The Labute approximate surface area is 123 Å². The molecule has 20 heavy (non-hydrogen) atoms. The maximum atomic E-state index is 6.72. The Bertz CT molecular complexity index is 759.